The summed E-state index contributed by atoms with van der Waals surface area (Å²) in [6.07, 6.45) is 2.50. The summed E-state index contributed by atoms with van der Waals surface area (Å²) in [7, 11) is 1.53. The number of hydrogen-bond acceptors (Lipinski definition) is 5. The van der Waals surface area contributed by atoms with Crippen LogP contribution >= 0.6 is 11.6 Å². The number of nitrogens with zero attached hydrogens (tertiary/aromatic N) is 2. The number of hydrogen-bond donors (Lipinski definition) is 3. The van der Waals surface area contributed by atoms with Crippen LogP contribution in [-0.2, 0) is 17.7 Å². The monoisotopic (exact) mass is 436 g/mol. The standard InChI is InChI=1S/C21H26ClFN4O3/c1-13(11-28)25-20-8-16-10-27(6-5-15(16)9-24-20)21(29)26-19(12-30-2)14-3-4-17(22)18(23)7-14/h3-4,7-9,13,19,28H,5-6,10-12H2,1-2H3,(H,24,25)(H,26,29)/t13-,19+/m0/s1. The topological polar surface area (TPSA) is 86.7 Å². The van der Waals surface area contributed by atoms with Crippen LogP contribution in [0.25, 0.3) is 0 Å². The Bertz CT molecular complexity index is 899. The number of carbonyl (C=O) groups excluding carboxylic acids is 1. The van der Waals surface area contributed by atoms with Crippen molar-refractivity contribution in [3.05, 3.63) is 58.0 Å². The zero-order chi connectivity index (χ0) is 21.7. The number of amides is 2. The van der Waals surface area contributed by atoms with E-state index < -0.39 is 11.9 Å². The van der Waals surface area contributed by atoms with Crippen LogP contribution in [0.2, 0.25) is 5.02 Å². The van der Waals surface area contributed by atoms with E-state index in [1.54, 1.807) is 17.2 Å². The summed E-state index contributed by atoms with van der Waals surface area (Å²) in [4.78, 5) is 19.0. The van der Waals surface area contributed by atoms with E-state index in [9.17, 15) is 14.3 Å². The summed E-state index contributed by atoms with van der Waals surface area (Å²) >= 11 is 5.77. The average Bonchev–Trinajstić information content (AvgIpc) is 2.74. The number of aliphatic hydroxyl groups is 1. The van der Waals surface area contributed by atoms with E-state index in [4.69, 9.17) is 16.3 Å². The van der Waals surface area contributed by atoms with E-state index in [2.05, 4.69) is 15.6 Å². The van der Waals surface area contributed by atoms with Crippen molar-refractivity contribution in [2.24, 2.45) is 0 Å². The fourth-order valence-electron chi connectivity index (χ4n) is 3.35. The van der Waals surface area contributed by atoms with Gasteiger partial charge in [0.05, 0.1) is 24.3 Å². The van der Waals surface area contributed by atoms with Crippen molar-refractivity contribution in [1.29, 1.82) is 0 Å². The minimum absolute atomic E-state index is 0.000520. The van der Waals surface area contributed by atoms with Crippen LogP contribution in [0.4, 0.5) is 15.0 Å². The van der Waals surface area contributed by atoms with Crippen molar-refractivity contribution >= 4 is 23.4 Å². The summed E-state index contributed by atoms with van der Waals surface area (Å²) in [5, 5.41) is 15.3. The Kier molecular flexibility index (Phi) is 7.47. The Morgan fingerprint density at radius 2 is 2.20 bits per heavy atom. The molecule has 2 heterocycles. The number of benzene rings is 1. The molecule has 0 unspecified atom stereocenters. The molecule has 162 valence electrons. The molecule has 0 saturated carbocycles. The Labute approximate surface area is 180 Å². The summed E-state index contributed by atoms with van der Waals surface area (Å²) < 4.78 is 19.1. The molecule has 1 aliphatic heterocycles. The molecule has 0 bridgehead atoms. The Morgan fingerprint density at radius 3 is 2.90 bits per heavy atom. The highest BCUT2D eigenvalue weighted by atomic mass is 35.5. The number of anilines is 1. The van der Waals surface area contributed by atoms with E-state index in [0.29, 0.717) is 30.9 Å². The largest absolute Gasteiger partial charge is 0.394 e. The molecular weight excluding hydrogens is 411 g/mol. The first-order chi connectivity index (χ1) is 14.4. The quantitative estimate of drug-likeness (QED) is 0.620. The maximum atomic E-state index is 13.9. The fourth-order valence-corrected chi connectivity index (χ4v) is 3.46. The molecule has 1 aromatic carbocycles. The molecular formula is C21H26ClFN4O3. The van der Waals surface area contributed by atoms with Crippen LogP contribution in [0.5, 0.6) is 0 Å². The summed E-state index contributed by atoms with van der Waals surface area (Å²) in [5.74, 6) is 0.118. The molecule has 2 aromatic rings. The van der Waals surface area contributed by atoms with Gasteiger partial charge in [0.1, 0.15) is 11.6 Å². The number of halogens is 2. The van der Waals surface area contributed by atoms with Crippen molar-refractivity contribution < 1.29 is 19.0 Å². The molecule has 30 heavy (non-hydrogen) atoms. The molecule has 1 aromatic heterocycles. The third-order valence-electron chi connectivity index (χ3n) is 5.03. The number of nitrogens with one attached hydrogen (secondary N) is 2. The maximum absolute atomic E-state index is 13.9. The summed E-state index contributed by atoms with van der Waals surface area (Å²) in [6, 6.07) is 5.48. The van der Waals surface area contributed by atoms with Gasteiger partial charge in [0.2, 0.25) is 0 Å². The van der Waals surface area contributed by atoms with Crippen LogP contribution in [-0.4, -0.2) is 53.9 Å². The molecule has 9 heteroatoms. The maximum Gasteiger partial charge on any atom is 0.318 e. The van der Waals surface area contributed by atoms with Crippen molar-refractivity contribution in [2.75, 3.05) is 32.2 Å². The Hall–Kier alpha value is -2.42. The number of ether oxygens (including phenoxy) is 1. The lowest BCUT2D eigenvalue weighted by Gasteiger charge is -2.31. The highest BCUT2D eigenvalue weighted by molar-refractivity contribution is 6.30. The first-order valence-corrected chi connectivity index (χ1v) is 10.1. The molecule has 7 nitrogen and oxygen atoms in total. The molecule has 0 radical (unpaired) electrons. The molecule has 0 spiro atoms. The number of aliphatic hydroxyl groups excluding tert-OH is 1. The lowest BCUT2D eigenvalue weighted by molar-refractivity contribution is 0.152. The van der Waals surface area contributed by atoms with Crippen molar-refractivity contribution in [2.45, 2.75) is 32.0 Å². The van der Waals surface area contributed by atoms with Gasteiger partial charge in [-0.2, -0.15) is 0 Å². The normalized spacial score (nSPS) is 15.3. The third kappa shape index (κ3) is 5.38. The molecule has 0 aliphatic carbocycles. The molecule has 0 saturated heterocycles. The number of rotatable bonds is 7. The second kappa shape index (κ2) is 10.1. The zero-order valence-electron chi connectivity index (χ0n) is 17.0. The van der Waals surface area contributed by atoms with Gasteiger partial charge in [0.15, 0.2) is 0 Å². The second-order valence-electron chi connectivity index (χ2n) is 7.37. The number of aromatic nitrogens is 1. The van der Waals surface area contributed by atoms with E-state index in [0.717, 1.165) is 11.1 Å². The minimum atomic E-state index is -0.541. The lowest BCUT2D eigenvalue weighted by Crippen LogP contribution is -2.45. The van der Waals surface area contributed by atoms with Gasteiger partial charge >= 0.3 is 6.03 Å². The van der Waals surface area contributed by atoms with Gasteiger partial charge in [0.25, 0.3) is 0 Å². The SMILES string of the molecule is COC[C@@H](NC(=O)N1CCc2cnc(N[C@@H](C)CO)cc2C1)c1ccc(Cl)c(F)c1. The van der Waals surface area contributed by atoms with Crippen LogP contribution in [0.1, 0.15) is 29.7 Å². The van der Waals surface area contributed by atoms with Crippen molar-refractivity contribution in [1.82, 2.24) is 15.2 Å². The number of methoxy groups -OCH3 is 1. The van der Waals surface area contributed by atoms with Gasteiger partial charge in [-0.15, -0.1) is 0 Å². The number of carbonyl (C=O) groups is 1. The van der Waals surface area contributed by atoms with Crippen LogP contribution in [0.3, 0.4) is 0 Å². The molecule has 0 fully saturated rings. The molecule has 3 rings (SSSR count). The number of pyridine rings is 1. The smallest absolute Gasteiger partial charge is 0.318 e. The van der Waals surface area contributed by atoms with Gasteiger partial charge in [-0.3, -0.25) is 0 Å². The predicted molar refractivity (Wildman–Crippen MR) is 113 cm³/mol. The summed E-state index contributed by atoms with van der Waals surface area (Å²) in [5.41, 5.74) is 2.67. The van der Waals surface area contributed by atoms with E-state index >= 15 is 0 Å². The Balaban J connectivity index is 1.70. The fraction of sp³-hybridized carbons (Fsp3) is 0.429. The van der Waals surface area contributed by atoms with Crippen molar-refractivity contribution in [3.8, 4) is 0 Å². The summed E-state index contributed by atoms with van der Waals surface area (Å²) in [6.45, 7) is 3.04. The predicted octanol–water partition coefficient (Wildman–Crippen LogP) is 3.12. The van der Waals surface area contributed by atoms with Gasteiger partial charge in [0, 0.05) is 32.4 Å². The number of urea groups is 1. The number of fused-ring (bicyclic) bond motifs is 1. The highest BCUT2D eigenvalue weighted by Gasteiger charge is 2.24. The van der Waals surface area contributed by atoms with Gasteiger partial charge in [-0.05, 0) is 48.2 Å². The van der Waals surface area contributed by atoms with Crippen molar-refractivity contribution in [3.63, 3.8) is 0 Å². The lowest BCUT2D eigenvalue weighted by atomic mass is 10.0. The Morgan fingerprint density at radius 1 is 1.40 bits per heavy atom. The van der Waals surface area contributed by atoms with Gasteiger partial charge in [-0.25, -0.2) is 14.2 Å². The van der Waals surface area contributed by atoms with Gasteiger partial charge < -0.3 is 25.4 Å². The highest BCUT2D eigenvalue weighted by Crippen LogP contribution is 2.23. The van der Waals surface area contributed by atoms with E-state index in [1.165, 1.54) is 19.2 Å². The molecule has 2 amide bonds. The van der Waals surface area contributed by atoms with Gasteiger partial charge in [-0.1, -0.05) is 17.7 Å². The average molecular weight is 437 g/mol. The molecule has 2 atom stereocenters. The minimum Gasteiger partial charge on any atom is -0.394 e. The first-order valence-electron chi connectivity index (χ1n) is 9.75. The van der Waals surface area contributed by atoms with E-state index in [-0.39, 0.29) is 30.3 Å². The van der Waals surface area contributed by atoms with Crippen LogP contribution in [0.15, 0.2) is 30.5 Å². The first kappa shape index (κ1) is 22.3. The van der Waals surface area contributed by atoms with Crippen LogP contribution < -0.4 is 10.6 Å². The molecule has 3 N–H and O–H groups in total. The zero-order valence-corrected chi connectivity index (χ0v) is 17.7. The molecule has 1 aliphatic rings. The third-order valence-corrected chi connectivity index (χ3v) is 5.33. The second-order valence-corrected chi connectivity index (χ2v) is 7.78. The van der Waals surface area contributed by atoms with Crippen LogP contribution in [0, 0.1) is 5.82 Å². The van der Waals surface area contributed by atoms with E-state index in [1.807, 2.05) is 13.0 Å².